The van der Waals surface area contributed by atoms with Gasteiger partial charge in [0, 0.05) is 31.3 Å². The van der Waals surface area contributed by atoms with Crippen LogP contribution in [0.4, 0.5) is 0 Å². The van der Waals surface area contributed by atoms with Crippen molar-refractivity contribution in [3.05, 3.63) is 18.0 Å². The summed E-state index contributed by atoms with van der Waals surface area (Å²) in [4.78, 5) is 0. The lowest BCUT2D eigenvalue weighted by atomic mass is 9.94. The Hall–Kier alpha value is -0.870. The first kappa shape index (κ1) is 15.5. The zero-order valence-electron chi connectivity index (χ0n) is 13.3. The molecule has 1 aliphatic heterocycles. The molecule has 0 aromatic carbocycles. The number of rotatable bonds is 7. The Morgan fingerprint density at radius 1 is 1.50 bits per heavy atom. The first-order chi connectivity index (χ1) is 9.61. The fourth-order valence-electron chi connectivity index (χ4n) is 2.86. The molecule has 0 saturated carbocycles. The first-order valence-corrected chi connectivity index (χ1v) is 8.00. The highest BCUT2D eigenvalue weighted by atomic mass is 16.5. The van der Waals surface area contributed by atoms with Crippen LogP contribution in [-0.4, -0.2) is 35.1 Å². The summed E-state index contributed by atoms with van der Waals surface area (Å²) in [6.45, 7) is 10.8. The molecule has 0 radical (unpaired) electrons. The van der Waals surface area contributed by atoms with E-state index >= 15 is 0 Å². The van der Waals surface area contributed by atoms with Gasteiger partial charge in [-0.15, -0.1) is 0 Å². The molecular weight excluding hydrogens is 250 g/mol. The highest BCUT2D eigenvalue weighted by Crippen LogP contribution is 2.24. The second-order valence-electron chi connectivity index (χ2n) is 6.25. The fourth-order valence-corrected chi connectivity index (χ4v) is 2.86. The van der Waals surface area contributed by atoms with E-state index in [0.717, 1.165) is 31.7 Å². The maximum absolute atomic E-state index is 5.95. The van der Waals surface area contributed by atoms with Crippen molar-refractivity contribution in [3.63, 3.8) is 0 Å². The standard InChI is InChI=1S/C16H29N3O/c1-5-8-17-15(16-13(4)7-10-20-16)11-14-6-9-19(18-14)12(2)3/h6,9,12-13,15-17H,5,7-8,10-11H2,1-4H3. The van der Waals surface area contributed by atoms with Crippen molar-refractivity contribution >= 4 is 0 Å². The Kier molecular flexibility index (Phi) is 5.61. The van der Waals surface area contributed by atoms with Crippen molar-refractivity contribution in [2.75, 3.05) is 13.2 Å². The molecule has 1 aromatic rings. The smallest absolute Gasteiger partial charge is 0.0758 e. The van der Waals surface area contributed by atoms with E-state index in [2.05, 4.69) is 50.4 Å². The number of hydrogen-bond donors (Lipinski definition) is 1. The van der Waals surface area contributed by atoms with Crippen molar-refractivity contribution in [2.45, 2.75) is 65.1 Å². The minimum Gasteiger partial charge on any atom is -0.376 e. The molecule has 3 unspecified atom stereocenters. The largest absolute Gasteiger partial charge is 0.376 e. The predicted molar refractivity (Wildman–Crippen MR) is 81.9 cm³/mol. The number of hydrogen-bond acceptors (Lipinski definition) is 3. The maximum Gasteiger partial charge on any atom is 0.0758 e. The summed E-state index contributed by atoms with van der Waals surface area (Å²) < 4.78 is 7.99. The average Bonchev–Trinajstić information content (AvgIpc) is 3.03. The Morgan fingerprint density at radius 3 is 2.85 bits per heavy atom. The summed E-state index contributed by atoms with van der Waals surface area (Å²) in [7, 11) is 0. The van der Waals surface area contributed by atoms with Crippen LogP contribution in [0.2, 0.25) is 0 Å². The van der Waals surface area contributed by atoms with E-state index in [1.165, 1.54) is 6.42 Å². The van der Waals surface area contributed by atoms with E-state index < -0.39 is 0 Å². The molecule has 1 N–H and O–H groups in total. The predicted octanol–water partition coefficient (Wildman–Crippen LogP) is 2.80. The monoisotopic (exact) mass is 279 g/mol. The van der Waals surface area contributed by atoms with Gasteiger partial charge in [-0.1, -0.05) is 13.8 Å². The van der Waals surface area contributed by atoms with Crippen molar-refractivity contribution in [1.82, 2.24) is 15.1 Å². The second kappa shape index (κ2) is 7.23. The molecule has 0 spiro atoms. The molecular formula is C16H29N3O. The van der Waals surface area contributed by atoms with Crippen LogP contribution >= 0.6 is 0 Å². The minimum atomic E-state index is 0.325. The maximum atomic E-state index is 5.95. The SMILES string of the molecule is CCCNC(Cc1ccn(C(C)C)n1)C1OCCC1C. The van der Waals surface area contributed by atoms with Gasteiger partial charge in [0.1, 0.15) is 0 Å². The summed E-state index contributed by atoms with van der Waals surface area (Å²) >= 11 is 0. The van der Waals surface area contributed by atoms with Gasteiger partial charge in [0.05, 0.1) is 11.8 Å². The molecule has 0 bridgehead atoms. The molecule has 4 heteroatoms. The summed E-state index contributed by atoms with van der Waals surface area (Å²) in [6, 6.07) is 2.94. The Morgan fingerprint density at radius 2 is 2.30 bits per heavy atom. The molecule has 3 atom stereocenters. The molecule has 1 aromatic heterocycles. The Bertz CT molecular complexity index is 402. The van der Waals surface area contributed by atoms with Crippen LogP contribution in [0.15, 0.2) is 12.3 Å². The molecule has 0 aliphatic carbocycles. The number of ether oxygens (including phenoxy) is 1. The lowest BCUT2D eigenvalue weighted by Crippen LogP contribution is -2.44. The van der Waals surface area contributed by atoms with E-state index in [1.54, 1.807) is 0 Å². The third kappa shape index (κ3) is 3.83. The summed E-state index contributed by atoms with van der Waals surface area (Å²) in [5.74, 6) is 0.636. The van der Waals surface area contributed by atoms with Gasteiger partial charge in [0.15, 0.2) is 0 Å². The molecule has 1 aliphatic rings. The fraction of sp³-hybridized carbons (Fsp3) is 0.812. The van der Waals surface area contributed by atoms with Gasteiger partial charge in [-0.25, -0.2) is 0 Å². The van der Waals surface area contributed by atoms with Crippen LogP contribution in [-0.2, 0) is 11.2 Å². The lowest BCUT2D eigenvalue weighted by molar-refractivity contribution is 0.0607. The van der Waals surface area contributed by atoms with Crippen LogP contribution < -0.4 is 5.32 Å². The zero-order chi connectivity index (χ0) is 14.5. The van der Waals surface area contributed by atoms with E-state index in [0.29, 0.717) is 24.1 Å². The quantitative estimate of drug-likeness (QED) is 0.834. The molecule has 2 rings (SSSR count). The molecule has 114 valence electrons. The first-order valence-electron chi connectivity index (χ1n) is 8.00. The van der Waals surface area contributed by atoms with Gasteiger partial charge < -0.3 is 10.1 Å². The molecule has 4 nitrogen and oxygen atoms in total. The van der Waals surface area contributed by atoms with E-state index in [-0.39, 0.29) is 0 Å². The summed E-state index contributed by atoms with van der Waals surface area (Å²) in [5.41, 5.74) is 1.16. The molecule has 1 fully saturated rings. The average molecular weight is 279 g/mol. The summed E-state index contributed by atoms with van der Waals surface area (Å²) in [6.07, 6.45) is 5.68. The summed E-state index contributed by atoms with van der Waals surface area (Å²) in [5, 5.41) is 8.33. The molecule has 20 heavy (non-hydrogen) atoms. The van der Waals surface area contributed by atoms with Gasteiger partial charge in [-0.2, -0.15) is 5.10 Å². The van der Waals surface area contributed by atoms with Gasteiger partial charge in [0.2, 0.25) is 0 Å². The van der Waals surface area contributed by atoms with E-state index in [1.807, 2.05) is 4.68 Å². The minimum absolute atomic E-state index is 0.325. The normalized spacial score (nSPS) is 24.4. The van der Waals surface area contributed by atoms with E-state index in [9.17, 15) is 0 Å². The van der Waals surface area contributed by atoms with Crippen LogP contribution in [0.25, 0.3) is 0 Å². The van der Waals surface area contributed by atoms with Crippen molar-refractivity contribution in [1.29, 1.82) is 0 Å². The van der Waals surface area contributed by atoms with Crippen LogP contribution in [0.1, 0.15) is 52.3 Å². The van der Waals surface area contributed by atoms with Crippen LogP contribution in [0.3, 0.4) is 0 Å². The van der Waals surface area contributed by atoms with Crippen LogP contribution in [0.5, 0.6) is 0 Å². The van der Waals surface area contributed by atoms with Gasteiger partial charge in [-0.3, -0.25) is 4.68 Å². The highest BCUT2D eigenvalue weighted by Gasteiger charge is 2.32. The molecule has 0 amide bonds. The number of aromatic nitrogens is 2. The van der Waals surface area contributed by atoms with Crippen molar-refractivity contribution < 1.29 is 4.74 Å². The third-order valence-corrected chi connectivity index (χ3v) is 4.12. The van der Waals surface area contributed by atoms with Crippen LogP contribution in [0, 0.1) is 5.92 Å². The Labute approximate surface area is 122 Å². The molecule has 1 saturated heterocycles. The number of nitrogens with zero attached hydrogens (tertiary/aromatic N) is 2. The van der Waals surface area contributed by atoms with Crippen molar-refractivity contribution in [2.24, 2.45) is 5.92 Å². The number of nitrogens with one attached hydrogen (secondary N) is 1. The van der Waals surface area contributed by atoms with E-state index in [4.69, 9.17) is 4.74 Å². The topological polar surface area (TPSA) is 39.1 Å². The van der Waals surface area contributed by atoms with Gasteiger partial charge in [0.25, 0.3) is 0 Å². The lowest BCUT2D eigenvalue weighted by Gasteiger charge is -2.26. The van der Waals surface area contributed by atoms with Crippen molar-refractivity contribution in [3.8, 4) is 0 Å². The van der Waals surface area contributed by atoms with Gasteiger partial charge >= 0.3 is 0 Å². The van der Waals surface area contributed by atoms with Gasteiger partial charge in [-0.05, 0) is 45.2 Å². The third-order valence-electron chi connectivity index (χ3n) is 4.12. The molecule has 2 heterocycles. The second-order valence-corrected chi connectivity index (χ2v) is 6.25. The highest BCUT2D eigenvalue weighted by molar-refractivity contribution is 5.04. The zero-order valence-corrected chi connectivity index (χ0v) is 13.3. The Balaban J connectivity index is 2.02.